The summed E-state index contributed by atoms with van der Waals surface area (Å²) in [5.41, 5.74) is 1.82. The zero-order chi connectivity index (χ0) is 19.5. The van der Waals surface area contributed by atoms with Crippen LogP contribution in [0, 0.1) is 0 Å². The number of hydrogen-bond donors (Lipinski definition) is 2. The van der Waals surface area contributed by atoms with Crippen molar-refractivity contribution >= 4 is 0 Å². The minimum Gasteiger partial charge on any atom is -0.497 e. The molecule has 4 heteroatoms. The summed E-state index contributed by atoms with van der Waals surface area (Å²) in [7, 11) is 1.68. The van der Waals surface area contributed by atoms with Gasteiger partial charge in [0.1, 0.15) is 5.75 Å². The lowest BCUT2D eigenvalue weighted by atomic mass is 9.68. The first-order valence-corrected chi connectivity index (χ1v) is 10.5. The van der Waals surface area contributed by atoms with Crippen molar-refractivity contribution in [2.24, 2.45) is 0 Å². The molecule has 0 atom stereocenters. The van der Waals surface area contributed by atoms with Crippen LogP contribution in [0.1, 0.15) is 36.8 Å². The van der Waals surface area contributed by atoms with Gasteiger partial charge in [-0.2, -0.15) is 0 Å². The van der Waals surface area contributed by atoms with E-state index < -0.39 is 5.60 Å². The van der Waals surface area contributed by atoms with E-state index >= 15 is 0 Å². The molecule has 1 saturated carbocycles. The Bertz CT molecular complexity index is 746. The van der Waals surface area contributed by atoms with Crippen LogP contribution in [0.2, 0.25) is 0 Å². The van der Waals surface area contributed by atoms with Gasteiger partial charge in [-0.1, -0.05) is 42.5 Å². The lowest BCUT2D eigenvalue weighted by molar-refractivity contribution is -0.0627. The summed E-state index contributed by atoms with van der Waals surface area (Å²) < 4.78 is 5.27. The third-order valence-corrected chi connectivity index (χ3v) is 6.80. The van der Waals surface area contributed by atoms with Crippen LogP contribution in [0.25, 0.3) is 0 Å². The van der Waals surface area contributed by atoms with E-state index in [2.05, 4.69) is 40.5 Å². The van der Waals surface area contributed by atoms with Crippen molar-refractivity contribution in [1.29, 1.82) is 0 Å². The monoisotopic (exact) mass is 380 g/mol. The highest BCUT2D eigenvalue weighted by atomic mass is 16.5. The zero-order valence-corrected chi connectivity index (χ0v) is 16.9. The normalized spacial score (nSPS) is 28.8. The Balaban J connectivity index is 1.55. The molecule has 0 amide bonds. The summed E-state index contributed by atoms with van der Waals surface area (Å²) in [5.74, 6) is 0.836. The van der Waals surface area contributed by atoms with E-state index in [1.807, 2.05) is 24.3 Å². The Kier molecular flexibility index (Phi) is 5.72. The lowest BCUT2D eigenvalue weighted by Gasteiger charge is -2.52. The largest absolute Gasteiger partial charge is 0.497 e. The highest BCUT2D eigenvalue weighted by Crippen LogP contribution is 2.45. The number of aliphatic hydroxyl groups is 1. The van der Waals surface area contributed by atoms with Crippen molar-refractivity contribution in [3.63, 3.8) is 0 Å². The first kappa shape index (κ1) is 19.4. The molecule has 4 nitrogen and oxygen atoms in total. The molecular formula is C24H32N2O2. The summed E-state index contributed by atoms with van der Waals surface area (Å²) >= 11 is 0. The summed E-state index contributed by atoms with van der Waals surface area (Å²) in [6.45, 7) is 4.29. The predicted molar refractivity (Wildman–Crippen MR) is 113 cm³/mol. The van der Waals surface area contributed by atoms with Crippen LogP contribution in [0.3, 0.4) is 0 Å². The topological polar surface area (TPSA) is 44.7 Å². The predicted octanol–water partition coefficient (Wildman–Crippen LogP) is 3.34. The maximum Gasteiger partial charge on any atom is 0.118 e. The van der Waals surface area contributed by atoms with E-state index in [-0.39, 0.29) is 5.54 Å². The third kappa shape index (κ3) is 3.95. The van der Waals surface area contributed by atoms with E-state index in [1.165, 1.54) is 5.56 Å². The molecule has 0 spiro atoms. The lowest BCUT2D eigenvalue weighted by Crippen LogP contribution is -2.59. The average molecular weight is 381 g/mol. The van der Waals surface area contributed by atoms with Crippen molar-refractivity contribution in [3.05, 3.63) is 65.7 Å². The van der Waals surface area contributed by atoms with Gasteiger partial charge in [-0.25, -0.2) is 0 Å². The van der Waals surface area contributed by atoms with Crippen molar-refractivity contribution in [2.75, 3.05) is 33.3 Å². The second kappa shape index (κ2) is 8.24. The van der Waals surface area contributed by atoms with Gasteiger partial charge in [0.15, 0.2) is 0 Å². The van der Waals surface area contributed by atoms with Crippen molar-refractivity contribution in [1.82, 2.24) is 10.2 Å². The summed E-state index contributed by atoms with van der Waals surface area (Å²) in [4.78, 5) is 2.68. The summed E-state index contributed by atoms with van der Waals surface area (Å²) in [6.07, 6.45) is 4.70. The molecule has 0 aromatic heterocycles. The molecule has 150 valence electrons. The SMILES string of the molecule is COc1ccc(C2(O)CCC(Cc3ccccc3)(N3CCNCC3)CC2)cc1. The molecule has 1 saturated heterocycles. The Morgan fingerprint density at radius 1 is 0.929 bits per heavy atom. The zero-order valence-electron chi connectivity index (χ0n) is 16.9. The second-order valence-corrected chi connectivity index (χ2v) is 8.38. The maximum atomic E-state index is 11.4. The molecule has 1 aliphatic heterocycles. The molecule has 4 rings (SSSR count). The Morgan fingerprint density at radius 3 is 2.18 bits per heavy atom. The van der Waals surface area contributed by atoms with Crippen LogP contribution in [-0.2, 0) is 12.0 Å². The molecule has 2 N–H and O–H groups in total. The van der Waals surface area contributed by atoms with E-state index in [0.29, 0.717) is 0 Å². The standard InChI is InChI=1S/C24H32N2O2/c1-28-22-9-7-21(8-10-22)24(27)13-11-23(12-14-24,26-17-15-25-16-18-26)19-20-5-3-2-4-6-20/h2-10,25,27H,11-19H2,1H3. The summed E-state index contributed by atoms with van der Waals surface area (Å²) in [6, 6.07) is 18.8. The average Bonchev–Trinajstić information content (AvgIpc) is 2.77. The number of ether oxygens (including phenoxy) is 1. The fraction of sp³-hybridized carbons (Fsp3) is 0.500. The molecule has 0 unspecified atom stereocenters. The van der Waals surface area contributed by atoms with E-state index in [4.69, 9.17) is 4.74 Å². The van der Waals surface area contributed by atoms with Gasteiger partial charge in [0, 0.05) is 31.7 Å². The van der Waals surface area contributed by atoms with Crippen LogP contribution in [0.4, 0.5) is 0 Å². The molecular weight excluding hydrogens is 348 g/mol. The fourth-order valence-electron chi connectivity index (χ4n) is 5.04. The number of nitrogens with one attached hydrogen (secondary N) is 1. The minimum absolute atomic E-state index is 0.141. The van der Waals surface area contributed by atoms with Gasteiger partial charge in [0.2, 0.25) is 0 Å². The fourth-order valence-corrected chi connectivity index (χ4v) is 5.04. The molecule has 28 heavy (non-hydrogen) atoms. The number of methoxy groups -OCH3 is 1. The van der Waals surface area contributed by atoms with Crippen LogP contribution in [0.15, 0.2) is 54.6 Å². The number of rotatable bonds is 5. The number of nitrogens with zero attached hydrogens (tertiary/aromatic N) is 1. The highest BCUT2D eigenvalue weighted by Gasteiger charge is 2.45. The summed E-state index contributed by atoms with van der Waals surface area (Å²) in [5, 5.41) is 14.9. The number of benzene rings is 2. The molecule has 2 fully saturated rings. The molecule has 2 aliphatic rings. The third-order valence-electron chi connectivity index (χ3n) is 6.80. The van der Waals surface area contributed by atoms with E-state index in [9.17, 15) is 5.11 Å². The molecule has 2 aromatic carbocycles. The maximum absolute atomic E-state index is 11.4. The Labute approximate surface area is 168 Å². The molecule has 0 radical (unpaired) electrons. The number of hydrogen-bond acceptors (Lipinski definition) is 4. The van der Waals surface area contributed by atoms with Gasteiger partial charge >= 0.3 is 0 Å². The van der Waals surface area contributed by atoms with E-state index in [0.717, 1.165) is 69.6 Å². The first-order valence-electron chi connectivity index (χ1n) is 10.5. The van der Waals surface area contributed by atoms with Gasteiger partial charge in [0.25, 0.3) is 0 Å². The molecule has 1 heterocycles. The number of piperazine rings is 1. The van der Waals surface area contributed by atoms with Gasteiger partial charge in [-0.15, -0.1) is 0 Å². The van der Waals surface area contributed by atoms with Gasteiger partial charge < -0.3 is 15.2 Å². The van der Waals surface area contributed by atoms with Gasteiger partial charge in [0.05, 0.1) is 12.7 Å². The van der Waals surface area contributed by atoms with Crippen molar-refractivity contribution in [2.45, 2.75) is 43.2 Å². The minimum atomic E-state index is -0.736. The van der Waals surface area contributed by atoms with Crippen LogP contribution < -0.4 is 10.1 Å². The Hall–Kier alpha value is -1.88. The van der Waals surface area contributed by atoms with Crippen molar-refractivity contribution in [3.8, 4) is 5.75 Å². The molecule has 0 bridgehead atoms. The van der Waals surface area contributed by atoms with Gasteiger partial charge in [-0.3, -0.25) is 4.90 Å². The first-order chi connectivity index (χ1) is 13.6. The van der Waals surface area contributed by atoms with Crippen LogP contribution >= 0.6 is 0 Å². The highest BCUT2D eigenvalue weighted by molar-refractivity contribution is 5.32. The Morgan fingerprint density at radius 2 is 1.57 bits per heavy atom. The van der Waals surface area contributed by atoms with Crippen LogP contribution in [-0.4, -0.2) is 48.8 Å². The van der Waals surface area contributed by atoms with Crippen LogP contribution in [0.5, 0.6) is 5.75 Å². The second-order valence-electron chi connectivity index (χ2n) is 8.38. The van der Waals surface area contributed by atoms with Crippen molar-refractivity contribution < 1.29 is 9.84 Å². The smallest absolute Gasteiger partial charge is 0.118 e. The molecule has 1 aliphatic carbocycles. The van der Waals surface area contributed by atoms with E-state index in [1.54, 1.807) is 7.11 Å². The molecule has 2 aromatic rings. The quantitative estimate of drug-likeness (QED) is 0.835. The van der Waals surface area contributed by atoms with Gasteiger partial charge in [-0.05, 0) is 55.4 Å².